The van der Waals surface area contributed by atoms with Crippen LogP contribution in [0.3, 0.4) is 0 Å². The van der Waals surface area contributed by atoms with Crippen molar-refractivity contribution in [2.45, 2.75) is 32.9 Å². The lowest BCUT2D eigenvalue weighted by Crippen LogP contribution is -2.36. The van der Waals surface area contributed by atoms with Gasteiger partial charge in [-0.3, -0.25) is 0 Å². The second-order valence-corrected chi connectivity index (χ2v) is 3.71. The van der Waals surface area contributed by atoms with Gasteiger partial charge in [0.05, 0.1) is 14.2 Å². The molecule has 0 aromatic rings. The summed E-state index contributed by atoms with van der Waals surface area (Å²) in [7, 11) is 3.26. The molecule has 0 amide bonds. The lowest BCUT2D eigenvalue weighted by Gasteiger charge is -2.25. The van der Waals surface area contributed by atoms with Gasteiger partial charge in [-0.25, -0.2) is 9.98 Å². The standard InChI is InChI=1S/C10H18N2O2/c1-6(2)8-10(14-5)11-7(3)9(12-8)13-4/h6-8H,1-5H3/t7-,8+/m1/s1. The highest BCUT2D eigenvalue weighted by Crippen LogP contribution is 2.16. The van der Waals surface area contributed by atoms with E-state index in [1.807, 2.05) is 6.92 Å². The van der Waals surface area contributed by atoms with E-state index >= 15 is 0 Å². The van der Waals surface area contributed by atoms with Gasteiger partial charge < -0.3 is 9.47 Å². The van der Waals surface area contributed by atoms with Crippen molar-refractivity contribution in [1.82, 2.24) is 0 Å². The summed E-state index contributed by atoms with van der Waals surface area (Å²) < 4.78 is 10.4. The van der Waals surface area contributed by atoms with Gasteiger partial charge in [0, 0.05) is 0 Å². The Morgan fingerprint density at radius 3 is 2.07 bits per heavy atom. The first kappa shape index (κ1) is 11.0. The Morgan fingerprint density at radius 2 is 1.64 bits per heavy atom. The van der Waals surface area contributed by atoms with E-state index in [0.29, 0.717) is 17.7 Å². The van der Waals surface area contributed by atoms with Crippen molar-refractivity contribution in [2.75, 3.05) is 14.2 Å². The molecule has 0 fully saturated rings. The Balaban J connectivity index is 2.91. The number of hydrogen-bond acceptors (Lipinski definition) is 4. The quantitative estimate of drug-likeness (QED) is 0.641. The zero-order chi connectivity index (χ0) is 10.7. The molecular formula is C10H18N2O2. The molecule has 4 heteroatoms. The first-order chi connectivity index (χ1) is 6.60. The van der Waals surface area contributed by atoms with Crippen LogP contribution in [0.15, 0.2) is 9.98 Å². The Labute approximate surface area is 85.0 Å². The van der Waals surface area contributed by atoms with E-state index in [1.54, 1.807) is 14.2 Å². The van der Waals surface area contributed by atoms with Crippen LogP contribution in [-0.4, -0.2) is 38.1 Å². The Kier molecular flexibility index (Phi) is 3.49. The minimum absolute atomic E-state index is 0.00819. The average molecular weight is 198 g/mol. The SMILES string of the molecule is COC1=N[C@H](C)C(OC)=N[C@H]1C(C)C. The van der Waals surface area contributed by atoms with Crippen molar-refractivity contribution >= 4 is 11.8 Å². The topological polar surface area (TPSA) is 43.2 Å². The Morgan fingerprint density at radius 1 is 1.07 bits per heavy atom. The molecule has 0 spiro atoms. The smallest absolute Gasteiger partial charge is 0.209 e. The molecule has 80 valence electrons. The second kappa shape index (κ2) is 4.44. The van der Waals surface area contributed by atoms with Crippen LogP contribution in [0.25, 0.3) is 0 Å². The highest BCUT2D eigenvalue weighted by atomic mass is 16.5. The molecule has 0 unspecified atom stereocenters. The fraction of sp³-hybridized carbons (Fsp3) is 0.800. The Bertz CT molecular complexity index is 259. The van der Waals surface area contributed by atoms with Gasteiger partial charge in [-0.2, -0.15) is 0 Å². The molecular weight excluding hydrogens is 180 g/mol. The van der Waals surface area contributed by atoms with Crippen LogP contribution in [0.4, 0.5) is 0 Å². The van der Waals surface area contributed by atoms with E-state index in [1.165, 1.54) is 0 Å². The monoisotopic (exact) mass is 198 g/mol. The van der Waals surface area contributed by atoms with E-state index in [-0.39, 0.29) is 12.1 Å². The van der Waals surface area contributed by atoms with Crippen molar-refractivity contribution in [3.8, 4) is 0 Å². The molecule has 0 aromatic carbocycles. The third-order valence-electron chi connectivity index (χ3n) is 2.25. The molecule has 4 nitrogen and oxygen atoms in total. The molecule has 0 radical (unpaired) electrons. The zero-order valence-electron chi connectivity index (χ0n) is 9.44. The summed E-state index contributed by atoms with van der Waals surface area (Å²) in [6, 6.07) is -0.0453. The van der Waals surface area contributed by atoms with Gasteiger partial charge in [0.1, 0.15) is 12.1 Å². The van der Waals surface area contributed by atoms with Crippen LogP contribution in [0.2, 0.25) is 0 Å². The van der Waals surface area contributed by atoms with Crippen LogP contribution in [0.1, 0.15) is 20.8 Å². The van der Waals surface area contributed by atoms with Gasteiger partial charge in [-0.05, 0) is 12.8 Å². The minimum atomic E-state index is -0.0371. The average Bonchev–Trinajstić information content (AvgIpc) is 2.16. The Hall–Kier alpha value is -1.06. The van der Waals surface area contributed by atoms with E-state index < -0.39 is 0 Å². The summed E-state index contributed by atoms with van der Waals surface area (Å²) in [5, 5.41) is 0. The summed E-state index contributed by atoms with van der Waals surface area (Å²) in [6.45, 7) is 6.12. The van der Waals surface area contributed by atoms with Crippen molar-refractivity contribution in [3.05, 3.63) is 0 Å². The number of rotatable bonds is 1. The highest BCUT2D eigenvalue weighted by Gasteiger charge is 2.28. The van der Waals surface area contributed by atoms with Crippen molar-refractivity contribution in [3.63, 3.8) is 0 Å². The number of ether oxygens (including phenoxy) is 2. The summed E-state index contributed by atoms with van der Waals surface area (Å²) in [5.41, 5.74) is 0. The molecule has 0 bridgehead atoms. The minimum Gasteiger partial charge on any atom is -0.483 e. The van der Waals surface area contributed by atoms with Crippen LogP contribution in [0, 0.1) is 5.92 Å². The molecule has 1 aliphatic rings. The van der Waals surface area contributed by atoms with Gasteiger partial charge >= 0.3 is 0 Å². The van der Waals surface area contributed by atoms with Gasteiger partial charge in [-0.15, -0.1) is 0 Å². The number of methoxy groups -OCH3 is 2. The van der Waals surface area contributed by atoms with Crippen LogP contribution >= 0.6 is 0 Å². The molecule has 2 atom stereocenters. The van der Waals surface area contributed by atoms with Crippen molar-refractivity contribution < 1.29 is 9.47 Å². The number of aliphatic imine (C=N–C) groups is 2. The molecule has 0 saturated heterocycles. The van der Waals surface area contributed by atoms with Gasteiger partial charge in [0.15, 0.2) is 0 Å². The zero-order valence-corrected chi connectivity index (χ0v) is 9.44. The predicted octanol–water partition coefficient (Wildman–Crippen LogP) is 1.50. The summed E-state index contributed by atoms with van der Waals surface area (Å²) in [5.74, 6) is 1.75. The maximum atomic E-state index is 5.22. The van der Waals surface area contributed by atoms with Gasteiger partial charge in [0.25, 0.3) is 0 Å². The molecule has 1 aliphatic heterocycles. The van der Waals surface area contributed by atoms with E-state index in [4.69, 9.17) is 9.47 Å². The van der Waals surface area contributed by atoms with E-state index in [9.17, 15) is 0 Å². The molecule has 0 aromatic heterocycles. The lowest BCUT2D eigenvalue weighted by molar-refractivity contribution is 0.335. The maximum absolute atomic E-state index is 5.22. The van der Waals surface area contributed by atoms with Gasteiger partial charge in [-0.1, -0.05) is 13.8 Å². The summed E-state index contributed by atoms with van der Waals surface area (Å²) >= 11 is 0. The van der Waals surface area contributed by atoms with Crippen LogP contribution < -0.4 is 0 Å². The fourth-order valence-electron chi connectivity index (χ4n) is 1.45. The first-order valence-corrected chi connectivity index (χ1v) is 4.83. The second-order valence-electron chi connectivity index (χ2n) is 3.71. The normalized spacial score (nSPS) is 27.0. The lowest BCUT2D eigenvalue weighted by atomic mass is 10.0. The van der Waals surface area contributed by atoms with Crippen LogP contribution in [-0.2, 0) is 9.47 Å². The van der Waals surface area contributed by atoms with Crippen LogP contribution in [0.5, 0.6) is 0 Å². The molecule has 1 heterocycles. The third kappa shape index (κ3) is 2.05. The van der Waals surface area contributed by atoms with E-state index in [0.717, 1.165) is 0 Å². The summed E-state index contributed by atoms with van der Waals surface area (Å²) in [4.78, 5) is 8.87. The fourth-order valence-corrected chi connectivity index (χ4v) is 1.45. The third-order valence-corrected chi connectivity index (χ3v) is 2.25. The van der Waals surface area contributed by atoms with Gasteiger partial charge in [0.2, 0.25) is 11.8 Å². The van der Waals surface area contributed by atoms with Crippen molar-refractivity contribution in [1.29, 1.82) is 0 Å². The molecule has 0 N–H and O–H groups in total. The van der Waals surface area contributed by atoms with E-state index in [2.05, 4.69) is 23.8 Å². The maximum Gasteiger partial charge on any atom is 0.209 e. The molecule has 0 aliphatic carbocycles. The highest BCUT2D eigenvalue weighted by molar-refractivity contribution is 5.93. The summed E-state index contributed by atoms with van der Waals surface area (Å²) in [6.07, 6.45) is 0. The molecule has 14 heavy (non-hydrogen) atoms. The van der Waals surface area contributed by atoms with Crippen molar-refractivity contribution in [2.24, 2.45) is 15.9 Å². The number of nitrogens with zero attached hydrogens (tertiary/aromatic N) is 2. The predicted molar refractivity (Wildman–Crippen MR) is 57.0 cm³/mol. The molecule has 0 saturated carbocycles. The first-order valence-electron chi connectivity index (χ1n) is 4.83. The number of hydrogen-bond donors (Lipinski definition) is 0. The largest absolute Gasteiger partial charge is 0.483 e. The molecule has 1 rings (SSSR count).